The van der Waals surface area contributed by atoms with E-state index in [-0.39, 0.29) is 24.6 Å². The highest BCUT2D eigenvalue weighted by molar-refractivity contribution is 5.34. The van der Waals surface area contributed by atoms with Crippen molar-refractivity contribution in [2.24, 2.45) is 5.92 Å². The predicted octanol–water partition coefficient (Wildman–Crippen LogP) is 3.81. The third kappa shape index (κ3) is 4.42. The smallest absolute Gasteiger partial charge is 0.310 e. The second-order valence-electron chi connectivity index (χ2n) is 5.40. The van der Waals surface area contributed by atoms with Crippen molar-refractivity contribution in [1.82, 2.24) is 5.32 Å². The summed E-state index contributed by atoms with van der Waals surface area (Å²) in [7, 11) is 0. The average molecular weight is 302 g/mol. The largest absolute Gasteiger partial charge is 0.391 e. The van der Waals surface area contributed by atoms with Gasteiger partial charge in [-0.1, -0.05) is 12.1 Å². The van der Waals surface area contributed by atoms with Crippen molar-refractivity contribution in [3.8, 4) is 0 Å². The molecule has 7 heteroatoms. The van der Waals surface area contributed by atoms with Crippen LogP contribution in [0.2, 0.25) is 0 Å². The summed E-state index contributed by atoms with van der Waals surface area (Å²) >= 11 is 0. The third-order valence-corrected chi connectivity index (χ3v) is 3.91. The quantitative estimate of drug-likeness (QED) is 0.680. The van der Waals surface area contributed by atoms with E-state index in [1.807, 2.05) is 0 Å². The molecule has 0 radical (unpaired) electrons. The van der Waals surface area contributed by atoms with Gasteiger partial charge < -0.3 is 5.32 Å². The molecule has 1 aliphatic rings. The van der Waals surface area contributed by atoms with Gasteiger partial charge in [0, 0.05) is 24.7 Å². The van der Waals surface area contributed by atoms with Gasteiger partial charge in [0.1, 0.15) is 0 Å². The summed E-state index contributed by atoms with van der Waals surface area (Å²) in [5.41, 5.74) is 0.789. The van der Waals surface area contributed by atoms with Gasteiger partial charge in [0.25, 0.3) is 5.69 Å². The Morgan fingerprint density at radius 1 is 1.24 bits per heavy atom. The lowest BCUT2D eigenvalue weighted by atomic mass is 9.85. The van der Waals surface area contributed by atoms with Crippen LogP contribution in [-0.2, 0) is 6.54 Å². The van der Waals surface area contributed by atoms with Gasteiger partial charge in [0.05, 0.1) is 10.8 Å². The van der Waals surface area contributed by atoms with Crippen LogP contribution in [-0.4, -0.2) is 17.1 Å². The summed E-state index contributed by atoms with van der Waals surface area (Å²) < 4.78 is 37.7. The molecule has 1 fully saturated rings. The number of nitrogens with zero attached hydrogens (tertiary/aromatic N) is 1. The zero-order valence-electron chi connectivity index (χ0n) is 11.4. The van der Waals surface area contributed by atoms with Crippen LogP contribution in [0.1, 0.15) is 31.2 Å². The van der Waals surface area contributed by atoms with Crippen molar-refractivity contribution < 1.29 is 18.1 Å². The van der Waals surface area contributed by atoms with Gasteiger partial charge in [-0.05, 0) is 31.2 Å². The van der Waals surface area contributed by atoms with E-state index in [9.17, 15) is 23.3 Å². The first-order valence-corrected chi connectivity index (χ1v) is 6.89. The molecule has 0 bridgehead atoms. The van der Waals surface area contributed by atoms with E-state index in [2.05, 4.69) is 5.32 Å². The second kappa shape index (κ2) is 6.43. The fourth-order valence-corrected chi connectivity index (χ4v) is 2.67. The van der Waals surface area contributed by atoms with E-state index in [1.165, 1.54) is 12.1 Å². The lowest BCUT2D eigenvalue weighted by Crippen LogP contribution is -2.36. The molecule has 1 saturated carbocycles. The van der Waals surface area contributed by atoms with Crippen molar-refractivity contribution in [2.45, 2.75) is 44.4 Å². The minimum atomic E-state index is -4.09. The van der Waals surface area contributed by atoms with Crippen LogP contribution in [0.3, 0.4) is 0 Å². The summed E-state index contributed by atoms with van der Waals surface area (Å²) in [6, 6.07) is 6.31. The molecule has 1 aliphatic carbocycles. The van der Waals surface area contributed by atoms with Crippen molar-refractivity contribution in [3.05, 3.63) is 39.9 Å². The molecule has 1 aromatic carbocycles. The molecule has 0 atom stereocenters. The SMILES string of the molecule is O=[N+]([O-])c1cccc(CNC2CCC(C(F)(F)F)CC2)c1. The molecule has 0 amide bonds. The molecule has 2 rings (SSSR count). The molecule has 1 aromatic rings. The minimum Gasteiger partial charge on any atom is -0.310 e. The van der Waals surface area contributed by atoms with Gasteiger partial charge in [-0.25, -0.2) is 0 Å². The Morgan fingerprint density at radius 3 is 2.48 bits per heavy atom. The van der Waals surface area contributed by atoms with E-state index in [1.54, 1.807) is 12.1 Å². The molecule has 0 aliphatic heterocycles. The molecule has 4 nitrogen and oxygen atoms in total. The summed E-state index contributed by atoms with van der Waals surface area (Å²) in [5.74, 6) is -1.19. The van der Waals surface area contributed by atoms with Crippen LogP contribution < -0.4 is 5.32 Å². The number of nitro groups is 1. The van der Waals surface area contributed by atoms with Crippen molar-refractivity contribution in [1.29, 1.82) is 0 Å². The number of non-ortho nitro benzene ring substituents is 1. The molecule has 116 valence electrons. The van der Waals surface area contributed by atoms with E-state index in [0.717, 1.165) is 5.56 Å². The first kappa shape index (κ1) is 15.8. The zero-order chi connectivity index (χ0) is 15.5. The normalized spacial score (nSPS) is 23.0. The fourth-order valence-electron chi connectivity index (χ4n) is 2.67. The number of halogens is 3. The van der Waals surface area contributed by atoms with Crippen molar-refractivity contribution in [3.63, 3.8) is 0 Å². The molecule has 0 spiro atoms. The first-order chi connectivity index (χ1) is 9.86. The van der Waals surface area contributed by atoms with E-state index in [4.69, 9.17) is 0 Å². The van der Waals surface area contributed by atoms with Crippen LogP contribution in [0.4, 0.5) is 18.9 Å². The van der Waals surface area contributed by atoms with Gasteiger partial charge in [-0.2, -0.15) is 13.2 Å². The first-order valence-electron chi connectivity index (χ1n) is 6.89. The molecule has 0 aromatic heterocycles. The number of nitrogens with one attached hydrogen (secondary N) is 1. The molecule has 1 N–H and O–H groups in total. The van der Waals surface area contributed by atoms with E-state index >= 15 is 0 Å². The monoisotopic (exact) mass is 302 g/mol. The number of hydrogen-bond acceptors (Lipinski definition) is 3. The summed E-state index contributed by atoms with van der Waals surface area (Å²) in [6.45, 7) is 0.434. The number of nitro benzene ring substituents is 1. The van der Waals surface area contributed by atoms with Crippen LogP contribution in [0.15, 0.2) is 24.3 Å². The Kier molecular flexibility index (Phi) is 4.82. The Morgan fingerprint density at radius 2 is 1.90 bits per heavy atom. The van der Waals surface area contributed by atoms with E-state index < -0.39 is 17.0 Å². The molecular weight excluding hydrogens is 285 g/mol. The van der Waals surface area contributed by atoms with Gasteiger partial charge >= 0.3 is 6.18 Å². The summed E-state index contributed by atoms with van der Waals surface area (Å²) in [4.78, 5) is 10.2. The van der Waals surface area contributed by atoms with E-state index in [0.29, 0.717) is 19.4 Å². The predicted molar refractivity (Wildman–Crippen MR) is 71.7 cm³/mol. The zero-order valence-corrected chi connectivity index (χ0v) is 11.4. The van der Waals surface area contributed by atoms with Gasteiger partial charge in [0.15, 0.2) is 0 Å². The highest BCUT2D eigenvalue weighted by atomic mass is 19.4. The molecule has 0 unspecified atom stereocenters. The number of benzene rings is 1. The fraction of sp³-hybridized carbons (Fsp3) is 0.571. The molecular formula is C14H17F3N2O2. The Balaban J connectivity index is 1.82. The number of alkyl halides is 3. The maximum absolute atomic E-state index is 12.6. The van der Waals surface area contributed by atoms with Gasteiger partial charge in [0.2, 0.25) is 0 Å². The Bertz CT molecular complexity index is 497. The topological polar surface area (TPSA) is 55.2 Å². The Labute approximate surface area is 120 Å². The highest BCUT2D eigenvalue weighted by Gasteiger charge is 2.41. The van der Waals surface area contributed by atoms with Gasteiger partial charge in [-0.3, -0.25) is 10.1 Å². The maximum atomic E-state index is 12.6. The maximum Gasteiger partial charge on any atom is 0.391 e. The molecule has 0 saturated heterocycles. The lowest BCUT2D eigenvalue weighted by Gasteiger charge is -2.30. The molecule has 21 heavy (non-hydrogen) atoms. The van der Waals surface area contributed by atoms with Crippen LogP contribution in [0.5, 0.6) is 0 Å². The van der Waals surface area contributed by atoms with Crippen molar-refractivity contribution >= 4 is 5.69 Å². The average Bonchev–Trinajstić information content (AvgIpc) is 2.45. The van der Waals surface area contributed by atoms with Crippen LogP contribution >= 0.6 is 0 Å². The third-order valence-electron chi connectivity index (χ3n) is 3.91. The van der Waals surface area contributed by atoms with Gasteiger partial charge in [-0.15, -0.1) is 0 Å². The second-order valence-corrected chi connectivity index (χ2v) is 5.40. The minimum absolute atomic E-state index is 0.0232. The van der Waals surface area contributed by atoms with Crippen molar-refractivity contribution in [2.75, 3.05) is 0 Å². The Hall–Kier alpha value is -1.63. The highest BCUT2D eigenvalue weighted by Crippen LogP contribution is 2.37. The standard InChI is InChI=1S/C14H17F3N2O2/c15-14(16,17)11-4-6-12(7-5-11)18-9-10-2-1-3-13(8-10)19(20)21/h1-3,8,11-12,18H,4-7,9H2. The number of rotatable bonds is 4. The molecule has 0 heterocycles. The summed E-state index contributed by atoms with van der Waals surface area (Å²) in [5, 5.41) is 13.9. The van der Waals surface area contributed by atoms with Crippen LogP contribution in [0, 0.1) is 16.0 Å². The van der Waals surface area contributed by atoms with Crippen LogP contribution in [0.25, 0.3) is 0 Å². The summed E-state index contributed by atoms with van der Waals surface area (Å²) in [6.07, 6.45) is -2.82. The lowest BCUT2D eigenvalue weighted by molar-refractivity contribution is -0.384. The number of hydrogen-bond donors (Lipinski definition) is 1.